The van der Waals surface area contributed by atoms with Crippen molar-refractivity contribution in [1.29, 1.82) is 0 Å². The first kappa shape index (κ1) is 16.6. The molecule has 0 spiro atoms. The number of ether oxygens (including phenoxy) is 2. The molecule has 0 aliphatic rings. The smallest absolute Gasteiger partial charge is 0.200 e. The van der Waals surface area contributed by atoms with Gasteiger partial charge in [0.15, 0.2) is 11.5 Å². The third kappa shape index (κ3) is 3.57. The molecule has 0 atom stereocenters. The number of phenolic OH excluding ortho intramolecular Hbond substituents is 1. The van der Waals surface area contributed by atoms with Gasteiger partial charge in [0, 0.05) is 12.1 Å². The zero-order valence-electron chi connectivity index (χ0n) is 13.2. The summed E-state index contributed by atoms with van der Waals surface area (Å²) < 4.78 is 10.4. The van der Waals surface area contributed by atoms with E-state index >= 15 is 0 Å². The molecule has 0 unspecified atom stereocenters. The molecule has 0 bridgehead atoms. The highest BCUT2D eigenvalue weighted by atomic mass is 16.5. The first-order valence-electron chi connectivity index (χ1n) is 7.24. The van der Waals surface area contributed by atoms with Gasteiger partial charge in [-0.15, -0.1) is 0 Å². The monoisotopic (exact) mass is 281 g/mol. The lowest BCUT2D eigenvalue weighted by Crippen LogP contribution is -2.43. The van der Waals surface area contributed by atoms with E-state index in [1.165, 1.54) is 0 Å². The minimum Gasteiger partial charge on any atom is -0.502 e. The van der Waals surface area contributed by atoms with Gasteiger partial charge in [0.25, 0.3) is 0 Å². The minimum absolute atomic E-state index is 0.0477. The van der Waals surface area contributed by atoms with Crippen LogP contribution in [0.1, 0.15) is 45.6 Å². The van der Waals surface area contributed by atoms with Crippen molar-refractivity contribution in [1.82, 2.24) is 5.32 Å². The Bertz CT molecular complexity index is 394. The van der Waals surface area contributed by atoms with E-state index in [9.17, 15) is 5.11 Å². The lowest BCUT2D eigenvalue weighted by molar-refractivity contribution is 0.287. The quantitative estimate of drug-likeness (QED) is 0.766. The number of hydrogen-bond donors (Lipinski definition) is 2. The molecular weight excluding hydrogens is 254 g/mol. The number of aromatic hydroxyl groups is 1. The van der Waals surface area contributed by atoms with E-state index in [-0.39, 0.29) is 11.3 Å². The molecule has 1 aromatic carbocycles. The molecule has 20 heavy (non-hydrogen) atoms. The molecule has 0 radical (unpaired) electrons. The Kier molecular flexibility index (Phi) is 6.14. The molecule has 4 nitrogen and oxygen atoms in total. The van der Waals surface area contributed by atoms with Gasteiger partial charge in [-0.3, -0.25) is 0 Å². The summed E-state index contributed by atoms with van der Waals surface area (Å²) in [5.74, 6) is 0.930. The van der Waals surface area contributed by atoms with Crippen LogP contribution in [-0.2, 0) is 6.54 Å². The van der Waals surface area contributed by atoms with Crippen molar-refractivity contribution in [2.75, 3.05) is 14.2 Å². The summed E-state index contributed by atoms with van der Waals surface area (Å²) in [6.07, 6.45) is 3.27. The summed E-state index contributed by atoms with van der Waals surface area (Å²) in [6.45, 7) is 7.34. The molecule has 0 aliphatic carbocycles. The number of phenols is 1. The number of methoxy groups -OCH3 is 2. The van der Waals surface area contributed by atoms with E-state index in [0.29, 0.717) is 11.5 Å². The maximum absolute atomic E-state index is 9.91. The molecule has 0 heterocycles. The van der Waals surface area contributed by atoms with Gasteiger partial charge in [-0.25, -0.2) is 0 Å². The summed E-state index contributed by atoms with van der Waals surface area (Å²) in [5, 5.41) is 13.5. The van der Waals surface area contributed by atoms with Crippen molar-refractivity contribution in [2.45, 2.75) is 52.1 Å². The van der Waals surface area contributed by atoms with Crippen molar-refractivity contribution in [3.05, 3.63) is 17.7 Å². The molecule has 0 aromatic heterocycles. The molecular formula is C16H27NO3. The molecule has 1 rings (SSSR count). The zero-order valence-corrected chi connectivity index (χ0v) is 13.2. The maximum Gasteiger partial charge on any atom is 0.200 e. The molecule has 2 N–H and O–H groups in total. The van der Waals surface area contributed by atoms with E-state index in [0.717, 1.165) is 31.4 Å². The second-order valence-electron chi connectivity index (χ2n) is 5.04. The van der Waals surface area contributed by atoms with E-state index in [1.807, 2.05) is 12.1 Å². The fourth-order valence-corrected chi connectivity index (χ4v) is 2.46. The third-order valence-corrected chi connectivity index (χ3v) is 4.24. The molecule has 0 amide bonds. The zero-order chi connectivity index (χ0) is 15.2. The highest BCUT2D eigenvalue weighted by Gasteiger charge is 2.23. The summed E-state index contributed by atoms with van der Waals surface area (Å²) in [7, 11) is 3.08. The van der Waals surface area contributed by atoms with Crippen LogP contribution in [0.5, 0.6) is 17.2 Å². The van der Waals surface area contributed by atoms with Gasteiger partial charge in [0.05, 0.1) is 14.2 Å². The van der Waals surface area contributed by atoms with Gasteiger partial charge in [-0.1, -0.05) is 20.8 Å². The van der Waals surface area contributed by atoms with Crippen molar-refractivity contribution in [2.24, 2.45) is 0 Å². The Hall–Kier alpha value is -1.42. The van der Waals surface area contributed by atoms with Gasteiger partial charge >= 0.3 is 0 Å². The fourth-order valence-electron chi connectivity index (χ4n) is 2.46. The molecule has 1 aromatic rings. The van der Waals surface area contributed by atoms with Crippen LogP contribution in [-0.4, -0.2) is 24.9 Å². The molecule has 0 aliphatic heterocycles. The van der Waals surface area contributed by atoms with Gasteiger partial charge in [-0.2, -0.15) is 0 Å². The summed E-state index contributed by atoms with van der Waals surface area (Å²) in [4.78, 5) is 0. The van der Waals surface area contributed by atoms with Crippen LogP contribution in [0, 0.1) is 0 Å². The largest absolute Gasteiger partial charge is 0.502 e. The average molecular weight is 281 g/mol. The number of rotatable bonds is 8. The van der Waals surface area contributed by atoms with Crippen LogP contribution in [0.15, 0.2) is 12.1 Å². The normalized spacial score (nSPS) is 11.4. The van der Waals surface area contributed by atoms with E-state index in [1.54, 1.807) is 14.2 Å². The van der Waals surface area contributed by atoms with Crippen LogP contribution in [0.25, 0.3) is 0 Å². The Morgan fingerprint density at radius 3 is 1.80 bits per heavy atom. The van der Waals surface area contributed by atoms with E-state index < -0.39 is 0 Å². The van der Waals surface area contributed by atoms with Gasteiger partial charge in [0.1, 0.15) is 0 Å². The first-order chi connectivity index (χ1) is 9.55. The molecule has 0 saturated carbocycles. The lowest BCUT2D eigenvalue weighted by Gasteiger charge is -2.32. The standard InChI is InChI=1S/C16H27NO3/c1-6-16(7-2,8-3)17-11-12-9-13(19-4)15(18)14(10-12)20-5/h9-10,17-18H,6-8,11H2,1-5H3. The minimum atomic E-state index is 0.0477. The Morgan fingerprint density at radius 2 is 1.45 bits per heavy atom. The average Bonchev–Trinajstić information content (AvgIpc) is 2.50. The van der Waals surface area contributed by atoms with Crippen LogP contribution in [0.2, 0.25) is 0 Å². The van der Waals surface area contributed by atoms with Gasteiger partial charge < -0.3 is 19.9 Å². The summed E-state index contributed by atoms with van der Waals surface area (Å²) >= 11 is 0. The molecule has 0 fully saturated rings. The van der Waals surface area contributed by atoms with Gasteiger partial charge in [-0.05, 0) is 37.0 Å². The molecule has 4 heteroatoms. The predicted molar refractivity (Wildman–Crippen MR) is 81.7 cm³/mol. The lowest BCUT2D eigenvalue weighted by atomic mass is 9.89. The van der Waals surface area contributed by atoms with E-state index in [2.05, 4.69) is 26.1 Å². The molecule has 0 saturated heterocycles. The molecule has 114 valence electrons. The number of benzene rings is 1. The van der Waals surface area contributed by atoms with Gasteiger partial charge in [0.2, 0.25) is 5.75 Å². The Morgan fingerprint density at radius 1 is 1.00 bits per heavy atom. The van der Waals surface area contributed by atoms with Crippen LogP contribution in [0.4, 0.5) is 0 Å². The highest BCUT2D eigenvalue weighted by molar-refractivity contribution is 5.52. The Balaban J connectivity index is 2.92. The highest BCUT2D eigenvalue weighted by Crippen LogP contribution is 2.37. The van der Waals surface area contributed by atoms with Crippen LogP contribution >= 0.6 is 0 Å². The first-order valence-corrected chi connectivity index (χ1v) is 7.24. The van der Waals surface area contributed by atoms with E-state index in [4.69, 9.17) is 9.47 Å². The second-order valence-corrected chi connectivity index (χ2v) is 5.04. The second kappa shape index (κ2) is 7.39. The topological polar surface area (TPSA) is 50.7 Å². The van der Waals surface area contributed by atoms with Crippen molar-refractivity contribution in [3.63, 3.8) is 0 Å². The predicted octanol–water partition coefficient (Wildman–Crippen LogP) is 3.47. The number of nitrogens with one attached hydrogen (secondary N) is 1. The van der Waals surface area contributed by atoms with Crippen LogP contribution in [0.3, 0.4) is 0 Å². The fraction of sp³-hybridized carbons (Fsp3) is 0.625. The summed E-state index contributed by atoms with van der Waals surface area (Å²) in [5.41, 5.74) is 1.20. The SMILES string of the molecule is CCC(CC)(CC)NCc1cc(OC)c(O)c(OC)c1. The van der Waals surface area contributed by atoms with Crippen molar-refractivity contribution >= 4 is 0 Å². The third-order valence-electron chi connectivity index (χ3n) is 4.24. The van der Waals surface area contributed by atoms with Crippen molar-refractivity contribution < 1.29 is 14.6 Å². The maximum atomic E-state index is 9.91. The summed E-state index contributed by atoms with van der Waals surface area (Å²) in [6, 6.07) is 3.69. The van der Waals surface area contributed by atoms with Crippen LogP contribution < -0.4 is 14.8 Å². The Labute approximate surface area is 122 Å². The van der Waals surface area contributed by atoms with Crippen molar-refractivity contribution in [3.8, 4) is 17.2 Å². The number of hydrogen-bond acceptors (Lipinski definition) is 4.